The molecule has 0 aliphatic carbocycles. The molecule has 0 saturated heterocycles. The van der Waals surface area contributed by atoms with Crippen molar-refractivity contribution < 1.29 is 4.39 Å². The number of hydrogen-bond donors (Lipinski definition) is 2. The van der Waals surface area contributed by atoms with Crippen LogP contribution >= 0.6 is 11.6 Å². The standard InChI is InChI=1S/C13H13ClFN3/c1-2-17-10-6-11(8-16-7-10)18-13-5-9(14)3-4-12(13)15/h3-8,17-18H,2H2,1H3. The molecule has 1 heterocycles. The fourth-order valence-corrected chi connectivity index (χ4v) is 1.73. The quantitative estimate of drug-likeness (QED) is 0.876. The number of anilines is 3. The fourth-order valence-electron chi connectivity index (χ4n) is 1.56. The largest absolute Gasteiger partial charge is 0.384 e. The van der Waals surface area contributed by atoms with Gasteiger partial charge in [0.15, 0.2) is 0 Å². The molecule has 3 nitrogen and oxygen atoms in total. The van der Waals surface area contributed by atoms with Crippen LogP contribution in [0.5, 0.6) is 0 Å². The molecule has 0 bridgehead atoms. The summed E-state index contributed by atoms with van der Waals surface area (Å²) in [7, 11) is 0. The van der Waals surface area contributed by atoms with Crippen LogP contribution in [0.1, 0.15) is 6.92 Å². The van der Waals surface area contributed by atoms with Gasteiger partial charge in [-0.15, -0.1) is 0 Å². The van der Waals surface area contributed by atoms with E-state index in [9.17, 15) is 4.39 Å². The second-order valence-corrected chi connectivity index (χ2v) is 4.18. The van der Waals surface area contributed by atoms with Gasteiger partial charge >= 0.3 is 0 Å². The summed E-state index contributed by atoms with van der Waals surface area (Å²) in [6, 6.07) is 6.23. The van der Waals surface area contributed by atoms with Gasteiger partial charge < -0.3 is 10.6 Å². The number of nitrogens with one attached hydrogen (secondary N) is 2. The summed E-state index contributed by atoms with van der Waals surface area (Å²) >= 11 is 5.83. The maximum absolute atomic E-state index is 13.5. The van der Waals surface area contributed by atoms with E-state index >= 15 is 0 Å². The summed E-state index contributed by atoms with van der Waals surface area (Å²) in [6.45, 7) is 2.80. The van der Waals surface area contributed by atoms with Gasteiger partial charge in [0.05, 0.1) is 29.5 Å². The zero-order chi connectivity index (χ0) is 13.0. The summed E-state index contributed by atoms with van der Waals surface area (Å²) < 4.78 is 13.5. The second-order valence-electron chi connectivity index (χ2n) is 3.74. The van der Waals surface area contributed by atoms with Crippen LogP contribution in [0, 0.1) is 5.82 Å². The Labute approximate surface area is 110 Å². The van der Waals surface area contributed by atoms with Crippen LogP contribution in [-0.2, 0) is 0 Å². The lowest BCUT2D eigenvalue weighted by Crippen LogP contribution is -1.99. The molecule has 0 amide bonds. The normalized spacial score (nSPS) is 10.2. The minimum absolute atomic E-state index is 0.331. The highest BCUT2D eigenvalue weighted by Crippen LogP contribution is 2.24. The Morgan fingerprint density at radius 2 is 2.00 bits per heavy atom. The van der Waals surface area contributed by atoms with Gasteiger partial charge in [0.1, 0.15) is 5.82 Å². The molecule has 5 heteroatoms. The van der Waals surface area contributed by atoms with Crippen molar-refractivity contribution in [3.05, 3.63) is 47.5 Å². The Morgan fingerprint density at radius 1 is 1.22 bits per heavy atom. The van der Waals surface area contributed by atoms with Gasteiger partial charge in [0.25, 0.3) is 0 Å². The van der Waals surface area contributed by atoms with Crippen molar-refractivity contribution in [1.29, 1.82) is 0 Å². The number of nitrogens with zero attached hydrogens (tertiary/aromatic N) is 1. The van der Waals surface area contributed by atoms with Gasteiger partial charge in [-0.2, -0.15) is 0 Å². The zero-order valence-electron chi connectivity index (χ0n) is 9.87. The number of halogens is 2. The van der Waals surface area contributed by atoms with Crippen LogP contribution in [0.2, 0.25) is 5.02 Å². The molecule has 0 radical (unpaired) electrons. The van der Waals surface area contributed by atoms with Crippen LogP contribution in [-0.4, -0.2) is 11.5 Å². The third-order valence-corrected chi connectivity index (χ3v) is 2.56. The molecule has 0 atom stereocenters. The van der Waals surface area contributed by atoms with E-state index in [1.54, 1.807) is 12.4 Å². The highest BCUT2D eigenvalue weighted by atomic mass is 35.5. The van der Waals surface area contributed by atoms with Crippen LogP contribution in [0.4, 0.5) is 21.5 Å². The highest BCUT2D eigenvalue weighted by Gasteiger charge is 2.04. The molecule has 2 N–H and O–H groups in total. The van der Waals surface area contributed by atoms with Crippen LogP contribution in [0.3, 0.4) is 0 Å². The molecular formula is C13H13ClFN3. The molecule has 18 heavy (non-hydrogen) atoms. The lowest BCUT2D eigenvalue weighted by molar-refractivity contribution is 0.632. The average molecular weight is 266 g/mol. The fraction of sp³-hybridized carbons (Fsp3) is 0.154. The first-order valence-corrected chi connectivity index (χ1v) is 5.98. The van der Waals surface area contributed by atoms with Gasteiger partial charge in [-0.3, -0.25) is 4.98 Å². The Kier molecular flexibility index (Phi) is 3.99. The van der Waals surface area contributed by atoms with Crippen molar-refractivity contribution in [2.24, 2.45) is 0 Å². The molecule has 0 spiro atoms. The lowest BCUT2D eigenvalue weighted by Gasteiger charge is -2.09. The molecular weight excluding hydrogens is 253 g/mol. The first-order chi connectivity index (χ1) is 8.69. The van der Waals surface area contributed by atoms with Crippen LogP contribution in [0.25, 0.3) is 0 Å². The van der Waals surface area contributed by atoms with Gasteiger partial charge in [-0.1, -0.05) is 11.6 Å². The molecule has 1 aromatic carbocycles. The summed E-state index contributed by atoms with van der Waals surface area (Å²) in [5, 5.41) is 6.57. The predicted molar refractivity (Wildman–Crippen MR) is 73.1 cm³/mol. The van der Waals surface area contributed by atoms with Crippen LogP contribution in [0.15, 0.2) is 36.7 Å². The van der Waals surface area contributed by atoms with E-state index in [1.165, 1.54) is 18.2 Å². The third-order valence-electron chi connectivity index (χ3n) is 2.33. The monoisotopic (exact) mass is 265 g/mol. The molecule has 0 aliphatic heterocycles. The van der Waals surface area contributed by atoms with E-state index in [1.807, 2.05) is 13.0 Å². The van der Waals surface area contributed by atoms with Crippen molar-refractivity contribution in [2.45, 2.75) is 6.92 Å². The molecule has 94 valence electrons. The van der Waals surface area contributed by atoms with Gasteiger partial charge in [0.2, 0.25) is 0 Å². The van der Waals surface area contributed by atoms with Crippen molar-refractivity contribution in [3.8, 4) is 0 Å². The van der Waals surface area contributed by atoms with E-state index in [0.717, 1.165) is 12.2 Å². The zero-order valence-corrected chi connectivity index (χ0v) is 10.6. The number of benzene rings is 1. The highest BCUT2D eigenvalue weighted by molar-refractivity contribution is 6.30. The second kappa shape index (κ2) is 5.69. The van der Waals surface area contributed by atoms with Gasteiger partial charge in [0, 0.05) is 11.6 Å². The molecule has 0 saturated carbocycles. The molecule has 0 unspecified atom stereocenters. The third kappa shape index (κ3) is 3.11. The molecule has 2 aromatic rings. The van der Waals surface area contributed by atoms with Gasteiger partial charge in [-0.25, -0.2) is 4.39 Å². The minimum atomic E-state index is -0.353. The molecule has 2 rings (SSSR count). The Hall–Kier alpha value is -1.81. The van der Waals surface area contributed by atoms with Crippen molar-refractivity contribution in [2.75, 3.05) is 17.2 Å². The number of rotatable bonds is 4. The summed E-state index contributed by atoms with van der Waals surface area (Å²) in [5.74, 6) is -0.353. The Balaban J connectivity index is 2.22. The summed E-state index contributed by atoms with van der Waals surface area (Å²) in [5.41, 5.74) is 1.91. The maximum atomic E-state index is 13.5. The van der Waals surface area contributed by atoms with Crippen molar-refractivity contribution in [3.63, 3.8) is 0 Å². The Morgan fingerprint density at radius 3 is 2.78 bits per heavy atom. The minimum Gasteiger partial charge on any atom is -0.384 e. The lowest BCUT2D eigenvalue weighted by atomic mass is 10.3. The van der Waals surface area contributed by atoms with E-state index in [0.29, 0.717) is 16.4 Å². The van der Waals surface area contributed by atoms with E-state index in [2.05, 4.69) is 15.6 Å². The maximum Gasteiger partial charge on any atom is 0.146 e. The first-order valence-electron chi connectivity index (χ1n) is 5.60. The average Bonchev–Trinajstić information content (AvgIpc) is 2.35. The summed E-state index contributed by atoms with van der Waals surface area (Å²) in [4.78, 5) is 4.07. The van der Waals surface area contributed by atoms with Crippen molar-refractivity contribution in [1.82, 2.24) is 4.98 Å². The van der Waals surface area contributed by atoms with Crippen LogP contribution < -0.4 is 10.6 Å². The smallest absolute Gasteiger partial charge is 0.146 e. The van der Waals surface area contributed by atoms with E-state index in [4.69, 9.17) is 11.6 Å². The topological polar surface area (TPSA) is 37.0 Å². The number of aromatic nitrogens is 1. The number of pyridine rings is 1. The summed E-state index contributed by atoms with van der Waals surface area (Å²) in [6.07, 6.45) is 3.34. The van der Waals surface area contributed by atoms with Crippen molar-refractivity contribution >= 4 is 28.7 Å². The molecule has 1 aromatic heterocycles. The SMILES string of the molecule is CCNc1cncc(Nc2cc(Cl)ccc2F)c1. The van der Waals surface area contributed by atoms with Gasteiger partial charge in [-0.05, 0) is 31.2 Å². The molecule has 0 aliphatic rings. The van der Waals surface area contributed by atoms with E-state index < -0.39 is 0 Å². The molecule has 0 fully saturated rings. The number of hydrogen-bond acceptors (Lipinski definition) is 3. The van der Waals surface area contributed by atoms with E-state index in [-0.39, 0.29) is 5.82 Å². The Bertz CT molecular complexity index is 546. The predicted octanol–water partition coefficient (Wildman–Crippen LogP) is 4.05. The first kappa shape index (κ1) is 12.6.